The average molecular weight is 446 g/mol. The van der Waals surface area contributed by atoms with Crippen LogP contribution in [-0.2, 0) is 11.8 Å². The molecular weight excluding hydrogens is 424 g/mol. The molecule has 168 valence electrons. The molecule has 11 heteroatoms. The first-order valence-corrected chi connectivity index (χ1v) is 9.87. The number of ether oxygens (including phenoxy) is 3. The first-order chi connectivity index (χ1) is 16.0. The third kappa shape index (κ3) is 4.71. The van der Waals surface area contributed by atoms with E-state index in [9.17, 15) is 0 Å². The lowest BCUT2D eigenvalue weighted by Crippen LogP contribution is -2.27. The van der Waals surface area contributed by atoms with Gasteiger partial charge in [-0.3, -0.25) is 20.5 Å². The Kier molecular flexibility index (Phi) is 6.11. The van der Waals surface area contributed by atoms with Gasteiger partial charge in [0.15, 0.2) is 12.0 Å². The lowest BCUT2D eigenvalue weighted by molar-refractivity contribution is 0.394. The van der Waals surface area contributed by atoms with E-state index in [0.29, 0.717) is 46.3 Å². The van der Waals surface area contributed by atoms with Crippen molar-refractivity contribution in [2.24, 2.45) is 7.05 Å². The van der Waals surface area contributed by atoms with E-state index in [-0.39, 0.29) is 12.4 Å². The van der Waals surface area contributed by atoms with E-state index in [1.165, 1.54) is 0 Å². The van der Waals surface area contributed by atoms with Crippen LogP contribution in [-0.4, -0.2) is 57.8 Å². The molecule has 3 heterocycles. The van der Waals surface area contributed by atoms with E-state index in [2.05, 4.69) is 15.1 Å². The summed E-state index contributed by atoms with van der Waals surface area (Å²) in [5.74, 6) is 1.53. The maximum absolute atomic E-state index is 8.08. The van der Waals surface area contributed by atoms with E-state index < -0.39 is 0 Å². The number of pyridine rings is 1. The molecule has 4 rings (SSSR count). The Hall–Kier alpha value is -4.54. The molecule has 0 radical (unpaired) electrons. The Morgan fingerprint density at radius 3 is 2.48 bits per heavy atom. The summed E-state index contributed by atoms with van der Waals surface area (Å²) >= 11 is 0. The van der Waals surface area contributed by atoms with Gasteiger partial charge in [0.25, 0.3) is 0 Å². The third-order valence-corrected chi connectivity index (χ3v) is 4.82. The van der Waals surface area contributed by atoms with Gasteiger partial charge in [-0.05, 0) is 12.1 Å². The van der Waals surface area contributed by atoms with Crippen LogP contribution in [0.1, 0.15) is 0 Å². The fourth-order valence-corrected chi connectivity index (χ4v) is 3.24. The van der Waals surface area contributed by atoms with Crippen LogP contribution < -0.4 is 14.4 Å². The minimum absolute atomic E-state index is 0.0138. The van der Waals surface area contributed by atoms with Crippen molar-refractivity contribution in [1.29, 1.82) is 10.8 Å². The van der Waals surface area contributed by atoms with Crippen LogP contribution in [0.4, 0.5) is 11.5 Å². The zero-order valence-corrected chi connectivity index (χ0v) is 18.3. The van der Waals surface area contributed by atoms with Crippen LogP contribution in [0.5, 0.6) is 11.5 Å². The second-order valence-electron chi connectivity index (χ2n) is 6.99. The maximum Gasteiger partial charge on any atom is 0.208 e. The summed E-state index contributed by atoms with van der Waals surface area (Å²) in [6.45, 7) is 0.0138. The van der Waals surface area contributed by atoms with Crippen molar-refractivity contribution in [3.8, 4) is 22.8 Å². The first-order valence-electron chi connectivity index (χ1n) is 9.87. The van der Waals surface area contributed by atoms with Crippen LogP contribution in [0.3, 0.4) is 0 Å². The Bertz CT molecular complexity index is 1300. The predicted octanol–water partition coefficient (Wildman–Crippen LogP) is 3.18. The number of aryl methyl sites for hydroxylation is 1. The van der Waals surface area contributed by atoms with Crippen LogP contribution in [0, 0.1) is 10.8 Å². The molecule has 0 saturated heterocycles. The number of aromatic nitrogens is 5. The molecule has 4 aromatic rings. The largest absolute Gasteiger partial charge is 0.497 e. The van der Waals surface area contributed by atoms with Crippen molar-refractivity contribution in [3.05, 3.63) is 48.9 Å². The number of rotatable bonds is 8. The number of nitrogens with zero attached hydrogens (tertiary/aromatic N) is 6. The molecule has 0 saturated carbocycles. The SMILES string of the molecule is COc1cc(OC)cc(N(CC(=N)OC=N)c2ccc3ncc(-c4cnn(C)c4)nc3n2)c1. The van der Waals surface area contributed by atoms with Gasteiger partial charge >= 0.3 is 0 Å². The molecule has 3 aromatic heterocycles. The first kappa shape index (κ1) is 21.7. The van der Waals surface area contributed by atoms with Crippen molar-refractivity contribution in [1.82, 2.24) is 24.7 Å². The molecule has 0 spiro atoms. The van der Waals surface area contributed by atoms with E-state index in [1.54, 1.807) is 60.5 Å². The van der Waals surface area contributed by atoms with Gasteiger partial charge in [0, 0.05) is 37.0 Å². The van der Waals surface area contributed by atoms with Crippen LogP contribution >= 0.6 is 0 Å². The highest BCUT2D eigenvalue weighted by molar-refractivity contribution is 5.87. The number of fused-ring (bicyclic) bond motifs is 1. The van der Waals surface area contributed by atoms with E-state index >= 15 is 0 Å². The molecule has 0 fully saturated rings. The minimum atomic E-state index is -0.135. The fraction of sp³-hybridized carbons (Fsp3) is 0.182. The number of anilines is 2. The number of hydrogen-bond donors (Lipinski definition) is 2. The third-order valence-electron chi connectivity index (χ3n) is 4.82. The highest BCUT2D eigenvalue weighted by atomic mass is 16.5. The maximum atomic E-state index is 8.08. The van der Waals surface area contributed by atoms with Gasteiger partial charge in [-0.25, -0.2) is 9.97 Å². The summed E-state index contributed by atoms with van der Waals surface area (Å²) < 4.78 is 17.4. The Labute approximate surface area is 189 Å². The summed E-state index contributed by atoms with van der Waals surface area (Å²) in [6, 6.07) is 8.93. The highest BCUT2D eigenvalue weighted by Gasteiger charge is 2.18. The van der Waals surface area contributed by atoms with Gasteiger partial charge < -0.3 is 19.1 Å². The van der Waals surface area contributed by atoms with Gasteiger partial charge in [0.1, 0.15) is 29.4 Å². The van der Waals surface area contributed by atoms with Crippen molar-refractivity contribution in [2.45, 2.75) is 0 Å². The second-order valence-corrected chi connectivity index (χ2v) is 6.99. The Morgan fingerprint density at radius 1 is 1.09 bits per heavy atom. The van der Waals surface area contributed by atoms with Gasteiger partial charge in [0.2, 0.25) is 5.90 Å². The van der Waals surface area contributed by atoms with E-state index in [0.717, 1.165) is 5.56 Å². The van der Waals surface area contributed by atoms with Crippen LogP contribution in [0.15, 0.2) is 48.9 Å². The zero-order chi connectivity index (χ0) is 23.4. The molecule has 0 atom stereocenters. The molecule has 0 bridgehead atoms. The molecule has 0 amide bonds. The summed E-state index contributed by atoms with van der Waals surface area (Å²) in [6.07, 6.45) is 5.96. The van der Waals surface area contributed by atoms with E-state index in [4.69, 9.17) is 30.0 Å². The fourth-order valence-electron chi connectivity index (χ4n) is 3.24. The molecule has 11 nitrogen and oxygen atoms in total. The molecule has 0 aliphatic carbocycles. The topological polar surface area (TPSA) is 135 Å². The van der Waals surface area contributed by atoms with Gasteiger partial charge in [-0.1, -0.05) is 0 Å². The average Bonchev–Trinajstić information content (AvgIpc) is 3.27. The predicted molar refractivity (Wildman–Crippen MR) is 124 cm³/mol. The molecule has 0 unspecified atom stereocenters. The Morgan fingerprint density at radius 2 is 1.85 bits per heavy atom. The summed E-state index contributed by atoms with van der Waals surface area (Å²) in [5, 5.41) is 19.4. The van der Waals surface area contributed by atoms with Crippen molar-refractivity contribution in [2.75, 3.05) is 25.7 Å². The highest BCUT2D eigenvalue weighted by Crippen LogP contribution is 2.32. The monoisotopic (exact) mass is 446 g/mol. The smallest absolute Gasteiger partial charge is 0.208 e. The molecule has 0 aliphatic heterocycles. The lowest BCUT2D eigenvalue weighted by Gasteiger charge is -2.24. The zero-order valence-electron chi connectivity index (χ0n) is 18.3. The quantitative estimate of drug-likeness (QED) is 0.311. The summed E-state index contributed by atoms with van der Waals surface area (Å²) in [7, 11) is 4.96. The van der Waals surface area contributed by atoms with Gasteiger partial charge in [0.05, 0.1) is 38.0 Å². The molecule has 2 N–H and O–H groups in total. The van der Waals surface area contributed by atoms with Crippen molar-refractivity contribution >= 4 is 35.0 Å². The number of benzene rings is 1. The van der Waals surface area contributed by atoms with Crippen LogP contribution in [0.25, 0.3) is 22.4 Å². The molecular formula is C22H22N8O3. The van der Waals surface area contributed by atoms with Gasteiger partial charge in [-0.2, -0.15) is 5.10 Å². The van der Waals surface area contributed by atoms with E-state index in [1.807, 2.05) is 19.3 Å². The number of hydrogen-bond acceptors (Lipinski definition) is 10. The van der Waals surface area contributed by atoms with Crippen LogP contribution in [0.2, 0.25) is 0 Å². The van der Waals surface area contributed by atoms with Gasteiger partial charge in [-0.15, -0.1) is 0 Å². The number of methoxy groups -OCH3 is 2. The Balaban J connectivity index is 1.81. The van der Waals surface area contributed by atoms with Crippen molar-refractivity contribution in [3.63, 3.8) is 0 Å². The molecule has 1 aromatic carbocycles. The lowest BCUT2D eigenvalue weighted by atomic mass is 10.2. The summed E-state index contributed by atoms with van der Waals surface area (Å²) in [5.41, 5.74) is 3.20. The summed E-state index contributed by atoms with van der Waals surface area (Å²) in [4.78, 5) is 15.6. The molecule has 33 heavy (non-hydrogen) atoms. The normalized spacial score (nSPS) is 10.6. The minimum Gasteiger partial charge on any atom is -0.497 e. The second kappa shape index (κ2) is 9.30. The standard InChI is InChI=1S/C22H22N8O3/c1-29-11-14(9-26-29)19-10-25-18-4-5-21(28-22(18)27-19)30(12-20(24)33-13-23)15-6-16(31-2)8-17(7-15)32-3/h4-11,13,23-24H,12H2,1-3H3. The number of nitrogens with one attached hydrogen (secondary N) is 2. The molecule has 0 aliphatic rings. The van der Waals surface area contributed by atoms with Crippen molar-refractivity contribution < 1.29 is 14.2 Å².